The summed E-state index contributed by atoms with van der Waals surface area (Å²) in [7, 11) is 1.98. The molecular formula is C20H27Cl2N3O. The second kappa shape index (κ2) is 10.5. The van der Waals surface area contributed by atoms with Gasteiger partial charge in [0.05, 0.1) is 0 Å². The molecule has 2 N–H and O–H groups in total. The van der Waals surface area contributed by atoms with E-state index >= 15 is 0 Å². The van der Waals surface area contributed by atoms with Crippen molar-refractivity contribution in [1.82, 2.24) is 15.5 Å². The van der Waals surface area contributed by atoms with E-state index in [1.807, 2.05) is 37.4 Å². The summed E-state index contributed by atoms with van der Waals surface area (Å²) in [5, 5.41) is 6.45. The van der Waals surface area contributed by atoms with Gasteiger partial charge in [-0.15, -0.1) is 24.8 Å². The third-order valence-electron chi connectivity index (χ3n) is 4.67. The number of likely N-dealkylation sites (N-methyl/N-ethyl adjacent to an activating group) is 1. The summed E-state index contributed by atoms with van der Waals surface area (Å²) in [5.74, 6) is 0.0455. The van der Waals surface area contributed by atoms with Crippen molar-refractivity contribution < 1.29 is 4.79 Å². The maximum atomic E-state index is 12.8. The second-order valence-corrected chi connectivity index (χ2v) is 6.31. The van der Waals surface area contributed by atoms with Crippen LogP contribution in [0, 0.1) is 0 Å². The molecule has 0 fully saturated rings. The Hall–Kier alpha value is -1.59. The molecule has 1 atom stereocenters. The van der Waals surface area contributed by atoms with Crippen LogP contribution < -0.4 is 10.6 Å². The molecule has 3 rings (SSSR count). The van der Waals surface area contributed by atoms with Crippen molar-refractivity contribution in [2.24, 2.45) is 0 Å². The number of halogens is 2. The van der Waals surface area contributed by atoms with Crippen molar-refractivity contribution in [3.05, 3.63) is 70.8 Å². The van der Waals surface area contributed by atoms with E-state index in [1.54, 1.807) is 0 Å². The van der Waals surface area contributed by atoms with Gasteiger partial charge in [-0.2, -0.15) is 0 Å². The Morgan fingerprint density at radius 1 is 1.12 bits per heavy atom. The molecule has 142 valence electrons. The van der Waals surface area contributed by atoms with Gasteiger partial charge in [-0.05, 0) is 35.8 Å². The Balaban J connectivity index is 0.00000169. The predicted octanol–water partition coefficient (Wildman–Crippen LogP) is 3.44. The Morgan fingerprint density at radius 2 is 1.81 bits per heavy atom. The van der Waals surface area contributed by atoms with Gasteiger partial charge >= 0.3 is 0 Å². The molecule has 0 bridgehead atoms. The Kier molecular flexibility index (Phi) is 9.09. The maximum absolute atomic E-state index is 12.8. The summed E-state index contributed by atoms with van der Waals surface area (Å²) in [6.45, 7) is 5.31. The van der Waals surface area contributed by atoms with Crippen molar-refractivity contribution in [3.63, 3.8) is 0 Å². The molecule has 1 unspecified atom stereocenters. The van der Waals surface area contributed by atoms with Gasteiger partial charge in [-0.25, -0.2) is 0 Å². The van der Waals surface area contributed by atoms with Gasteiger partial charge in [-0.1, -0.05) is 55.5 Å². The van der Waals surface area contributed by atoms with E-state index < -0.39 is 0 Å². The number of hydrogen-bond acceptors (Lipinski definition) is 3. The molecule has 26 heavy (non-hydrogen) atoms. The first kappa shape index (κ1) is 22.5. The lowest BCUT2D eigenvalue weighted by atomic mass is 10.0. The zero-order valence-corrected chi connectivity index (χ0v) is 16.8. The first-order valence-corrected chi connectivity index (χ1v) is 8.53. The first-order valence-electron chi connectivity index (χ1n) is 8.53. The molecule has 0 aromatic heterocycles. The molecule has 0 spiro atoms. The SMILES string of the molecule is CCN(C)C(C(=O)NCc1ccc2c(c1)CNC2)c1ccccc1.Cl.Cl. The Morgan fingerprint density at radius 3 is 2.50 bits per heavy atom. The highest BCUT2D eigenvalue weighted by molar-refractivity contribution is 5.85. The number of amides is 1. The molecule has 0 radical (unpaired) electrons. The van der Waals surface area contributed by atoms with Crippen LogP contribution in [-0.2, 0) is 24.4 Å². The number of nitrogens with one attached hydrogen (secondary N) is 2. The molecule has 0 saturated heterocycles. The molecule has 2 aromatic carbocycles. The number of carbonyl (C=O) groups excluding carboxylic acids is 1. The lowest BCUT2D eigenvalue weighted by Gasteiger charge is -2.26. The van der Waals surface area contributed by atoms with Crippen LogP contribution >= 0.6 is 24.8 Å². The van der Waals surface area contributed by atoms with E-state index in [1.165, 1.54) is 11.1 Å². The molecule has 4 nitrogen and oxygen atoms in total. The van der Waals surface area contributed by atoms with Gasteiger partial charge in [0.1, 0.15) is 6.04 Å². The fourth-order valence-corrected chi connectivity index (χ4v) is 3.17. The van der Waals surface area contributed by atoms with Gasteiger partial charge in [0.2, 0.25) is 5.91 Å². The maximum Gasteiger partial charge on any atom is 0.242 e. The molecule has 1 heterocycles. The Bertz CT molecular complexity index is 709. The van der Waals surface area contributed by atoms with E-state index in [0.717, 1.165) is 30.8 Å². The number of rotatable bonds is 6. The van der Waals surface area contributed by atoms with Crippen LogP contribution in [0.15, 0.2) is 48.5 Å². The molecule has 0 aliphatic carbocycles. The number of carbonyl (C=O) groups is 1. The lowest BCUT2D eigenvalue weighted by Crippen LogP contribution is -2.38. The second-order valence-electron chi connectivity index (χ2n) is 6.31. The summed E-state index contributed by atoms with van der Waals surface area (Å²) in [6, 6.07) is 16.2. The molecule has 1 aliphatic heterocycles. The third-order valence-corrected chi connectivity index (χ3v) is 4.67. The van der Waals surface area contributed by atoms with Crippen LogP contribution in [-0.4, -0.2) is 24.4 Å². The average Bonchev–Trinajstić information content (AvgIpc) is 3.08. The summed E-state index contributed by atoms with van der Waals surface area (Å²) in [5.41, 5.74) is 4.87. The summed E-state index contributed by atoms with van der Waals surface area (Å²) < 4.78 is 0. The smallest absolute Gasteiger partial charge is 0.242 e. The van der Waals surface area contributed by atoms with Gasteiger partial charge in [0.15, 0.2) is 0 Å². The summed E-state index contributed by atoms with van der Waals surface area (Å²) >= 11 is 0. The Labute approximate surface area is 168 Å². The van der Waals surface area contributed by atoms with Crippen LogP contribution in [0.2, 0.25) is 0 Å². The minimum Gasteiger partial charge on any atom is -0.350 e. The summed E-state index contributed by atoms with van der Waals surface area (Å²) in [6.07, 6.45) is 0. The molecule has 1 amide bonds. The van der Waals surface area contributed by atoms with Crippen molar-refractivity contribution in [1.29, 1.82) is 0 Å². The van der Waals surface area contributed by atoms with Gasteiger partial charge < -0.3 is 10.6 Å². The molecule has 6 heteroatoms. The van der Waals surface area contributed by atoms with Crippen LogP contribution in [0.4, 0.5) is 0 Å². The third kappa shape index (κ3) is 5.21. The number of nitrogens with zero attached hydrogens (tertiary/aromatic N) is 1. The highest BCUT2D eigenvalue weighted by Gasteiger charge is 2.23. The van der Waals surface area contributed by atoms with E-state index in [9.17, 15) is 4.79 Å². The van der Waals surface area contributed by atoms with Crippen molar-refractivity contribution in [2.45, 2.75) is 32.6 Å². The highest BCUT2D eigenvalue weighted by Crippen LogP contribution is 2.20. The van der Waals surface area contributed by atoms with Gasteiger partial charge in [0.25, 0.3) is 0 Å². The number of fused-ring (bicyclic) bond motifs is 1. The van der Waals surface area contributed by atoms with Crippen LogP contribution in [0.25, 0.3) is 0 Å². The fraction of sp³-hybridized carbons (Fsp3) is 0.350. The quantitative estimate of drug-likeness (QED) is 0.786. The normalized spacial score (nSPS) is 13.3. The van der Waals surface area contributed by atoms with Crippen molar-refractivity contribution >= 4 is 30.7 Å². The lowest BCUT2D eigenvalue weighted by molar-refractivity contribution is -0.126. The van der Waals surface area contributed by atoms with Crippen molar-refractivity contribution in [3.8, 4) is 0 Å². The van der Waals surface area contributed by atoms with Crippen LogP contribution in [0.3, 0.4) is 0 Å². The monoisotopic (exact) mass is 395 g/mol. The van der Waals surface area contributed by atoms with Crippen LogP contribution in [0.1, 0.15) is 35.2 Å². The van der Waals surface area contributed by atoms with E-state index in [4.69, 9.17) is 0 Å². The zero-order valence-electron chi connectivity index (χ0n) is 15.2. The van der Waals surface area contributed by atoms with Crippen LogP contribution in [0.5, 0.6) is 0 Å². The number of benzene rings is 2. The average molecular weight is 396 g/mol. The largest absolute Gasteiger partial charge is 0.350 e. The van der Waals surface area contributed by atoms with E-state index in [2.05, 4.69) is 40.7 Å². The number of hydrogen-bond donors (Lipinski definition) is 2. The van der Waals surface area contributed by atoms with Gasteiger partial charge in [-0.3, -0.25) is 9.69 Å². The fourth-order valence-electron chi connectivity index (χ4n) is 3.17. The summed E-state index contributed by atoms with van der Waals surface area (Å²) in [4.78, 5) is 14.9. The standard InChI is InChI=1S/C20H25N3O.2ClH/c1-3-23(2)19(16-7-5-4-6-8-16)20(24)22-12-15-9-10-17-13-21-14-18(17)11-15;;/h4-11,19,21H,3,12-14H2,1-2H3,(H,22,24);2*1H. The molecular weight excluding hydrogens is 369 g/mol. The van der Waals surface area contributed by atoms with Gasteiger partial charge in [0, 0.05) is 19.6 Å². The molecule has 0 saturated carbocycles. The minimum atomic E-state index is -0.257. The zero-order chi connectivity index (χ0) is 16.9. The minimum absolute atomic E-state index is 0. The first-order chi connectivity index (χ1) is 11.7. The predicted molar refractivity (Wildman–Crippen MR) is 111 cm³/mol. The molecule has 2 aromatic rings. The van der Waals surface area contributed by atoms with Crippen molar-refractivity contribution in [2.75, 3.05) is 13.6 Å². The van der Waals surface area contributed by atoms with E-state index in [0.29, 0.717) is 6.54 Å². The highest BCUT2D eigenvalue weighted by atomic mass is 35.5. The molecule has 1 aliphatic rings. The topological polar surface area (TPSA) is 44.4 Å². The van der Waals surface area contributed by atoms with E-state index in [-0.39, 0.29) is 36.8 Å².